The van der Waals surface area contributed by atoms with Crippen molar-refractivity contribution in [3.63, 3.8) is 0 Å². The second-order valence-corrected chi connectivity index (χ2v) is 9.86. The summed E-state index contributed by atoms with van der Waals surface area (Å²) in [5.41, 5.74) is 0.437. The number of phosphoric acid groups is 1. The van der Waals surface area contributed by atoms with Gasteiger partial charge in [0.15, 0.2) is 0 Å². The number of rotatable bonds is 11. The standard InChI is InChI=1S/C23H25ClF2N3O7P/c1-29(11-15-3-2-4-20(26)22(15)24)18(9-19(30)13-36-37(32,33)34)12-35-23(31)28-21-8-16-7-17(25)6-5-14(16)10-27-21/h2-8,10,18-19,30H,9,11-13H2,1H3,(H,27,28,31)(H2,32,33,34)/t18-,19+/m0/s1. The van der Waals surface area contributed by atoms with Crippen molar-refractivity contribution in [1.82, 2.24) is 9.88 Å². The highest BCUT2D eigenvalue weighted by atomic mass is 35.5. The predicted octanol–water partition coefficient (Wildman–Crippen LogP) is 4.08. The van der Waals surface area contributed by atoms with E-state index in [1.54, 1.807) is 24.1 Å². The number of benzene rings is 2. The monoisotopic (exact) mass is 559 g/mol. The molecule has 0 unspecified atom stereocenters. The van der Waals surface area contributed by atoms with Crippen molar-refractivity contribution < 1.29 is 42.3 Å². The fraction of sp³-hybridized carbons (Fsp3) is 0.304. The zero-order chi connectivity index (χ0) is 27.2. The number of phosphoric ester groups is 1. The van der Waals surface area contributed by atoms with Crippen LogP contribution in [0.5, 0.6) is 0 Å². The summed E-state index contributed by atoms with van der Waals surface area (Å²) in [7, 11) is -3.19. The molecule has 4 N–H and O–H groups in total. The second-order valence-electron chi connectivity index (χ2n) is 8.24. The van der Waals surface area contributed by atoms with Crippen LogP contribution >= 0.6 is 19.4 Å². The molecular formula is C23H25ClF2N3O7P. The van der Waals surface area contributed by atoms with Gasteiger partial charge >= 0.3 is 13.9 Å². The number of aromatic nitrogens is 1. The van der Waals surface area contributed by atoms with Crippen LogP contribution in [0.1, 0.15) is 12.0 Å². The van der Waals surface area contributed by atoms with Gasteiger partial charge in [0.1, 0.15) is 24.1 Å². The van der Waals surface area contributed by atoms with E-state index in [1.807, 2.05) is 0 Å². The Morgan fingerprint density at radius 1 is 1.19 bits per heavy atom. The third-order valence-electron chi connectivity index (χ3n) is 5.37. The van der Waals surface area contributed by atoms with Crippen molar-refractivity contribution in [3.05, 3.63) is 70.9 Å². The Morgan fingerprint density at radius 2 is 1.95 bits per heavy atom. The van der Waals surface area contributed by atoms with Gasteiger partial charge in [0.2, 0.25) is 0 Å². The molecule has 200 valence electrons. The van der Waals surface area contributed by atoms with Crippen LogP contribution in [-0.2, 0) is 20.4 Å². The highest BCUT2D eigenvalue weighted by Gasteiger charge is 2.25. The van der Waals surface area contributed by atoms with E-state index in [2.05, 4.69) is 14.8 Å². The average molecular weight is 560 g/mol. The number of carbonyl (C=O) groups is 1. The molecule has 0 spiro atoms. The Bertz CT molecular complexity index is 1300. The number of nitrogens with zero attached hydrogens (tertiary/aromatic N) is 2. The summed E-state index contributed by atoms with van der Waals surface area (Å²) in [5.74, 6) is -0.940. The quantitative estimate of drug-likeness (QED) is 0.256. The first-order chi connectivity index (χ1) is 17.4. The molecular weight excluding hydrogens is 535 g/mol. The normalized spacial score (nSPS) is 13.5. The fourth-order valence-electron chi connectivity index (χ4n) is 3.50. The number of nitrogens with one attached hydrogen (secondary N) is 1. The molecule has 0 radical (unpaired) electrons. The molecule has 0 aliphatic rings. The van der Waals surface area contributed by atoms with Crippen LogP contribution in [0.25, 0.3) is 10.8 Å². The molecule has 1 heterocycles. The summed E-state index contributed by atoms with van der Waals surface area (Å²) in [5, 5.41) is 13.8. The lowest BCUT2D eigenvalue weighted by atomic mass is 10.1. The first kappa shape index (κ1) is 28.9. The van der Waals surface area contributed by atoms with Gasteiger partial charge in [-0.25, -0.2) is 23.1 Å². The van der Waals surface area contributed by atoms with Crippen LogP contribution in [0, 0.1) is 11.6 Å². The largest absolute Gasteiger partial charge is 0.469 e. The summed E-state index contributed by atoms with van der Waals surface area (Å²) in [4.78, 5) is 35.9. The minimum atomic E-state index is -4.80. The lowest BCUT2D eigenvalue weighted by molar-refractivity contribution is 0.0363. The summed E-state index contributed by atoms with van der Waals surface area (Å²) in [6, 6.07) is 9.19. The van der Waals surface area contributed by atoms with Crippen LogP contribution in [0.15, 0.2) is 48.7 Å². The van der Waals surface area contributed by atoms with Crippen molar-refractivity contribution in [3.8, 4) is 0 Å². The van der Waals surface area contributed by atoms with Gasteiger partial charge in [-0.05, 0) is 54.8 Å². The van der Waals surface area contributed by atoms with Crippen LogP contribution < -0.4 is 5.32 Å². The van der Waals surface area contributed by atoms with Gasteiger partial charge in [-0.2, -0.15) is 0 Å². The van der Waals surface area contributed by atoms with Crippen molar-refractivity contribution in [2.24, 2.45) is 0 Å². The van der Waals surface area contributed by atoms with E-state index >= 15 is 0 Å². The Labute approximate surface area is 216 Å². The molecule has 0 saturated heterocycles. The summed E-state index contributed by atoms with van der Waals surface area (Å²) in [6.07, 6.45) is -0.871. The van der Waals surface area contributed by atoms with Gasteiger partial charge in [0.05, 0.1) is 17.7 Å². The number of anilines is 1. The molecule has 1 aromatic heterocycles. The Balaban J connectivity index is 1.67. The van der Waals surface area contributed by atoms with E-state index in [0.29, 0.717) is 16.3 Å². The number of hydrogen-bond acceptors (Lipinski definition) is 7. The molecule has 3 rings (SSSR count). The second kappa shape index (κ2) is 12.7. The summed E-state index contributed by atoms with van der Waals surface area (Å²) < 4.78 is 47.9. The van der Waals surface area contributed by atoms with Crippen LogP contribution in [0.2, 0.25) is 5.02 Å². The Morgan fingerprint density at radius 3 is 2.68 bits per heavy atom. The highest BCUT2D eigenvalue weighted by Crippen LogP contribution is 2.36. The van der Waals surface area contributed by atoms with E-state index in [4.69, 9.17) is 26.1 Å². The van der Waals surface area contributed by atoms with E-state index in [9.17, 15) is 23.2 Å². The van der Waals surface area contributed by atoms with E-state index < -0.39 is 44.3 Å². The summed E-state index contributed by atoms with van der Waals surface area (Å²) in [6.45, 7) is -0.834. The average Bonchev–Trinajstić information content (AvgIpc) is 2.82. The van der Waals surface area contributed by atoms with Crippen molar-refractivity contribution >= 4 is 42.1 Å². The first-order valence-corrected chi connectivity index (χ1v) is 12.8. The topological polar surface area (TPSA) is 141 Å². The number of ether oxygens (including phenoxy) is 1. The number of halogens is 3. The number of amides is 1. The number of carbonyl (C=O) groups excluding carboxylic acids is 1. The van der Waals surface area contributed by atoms with Gasteiger partial charge in [-0.3, -0.25) is 14.7 Å². The van der Waals surface area contributed by atoms with E-state index in [-0.39, 0.29) is 30.4 Å². The van der Waals surface area contributed by atoms with Gasteiger partial charge < -0.3 is 19.6 Å². The zero-order valence-corrected chi connectivity index (χ0v) is 21.2. The molecule has 0 bridgehead atoms. The van der Waals surface area contributed by atoms with Crippen molar-refractivity contribution in [2.75, 3.05) is 25.6 Å². The summed E-state index contributed by atoms with van der Waals surface area (Å²) >= 11 is 6.03. The third-order valence-corrected chi connectivity index (χ3v) is 6.28. The Hall–Kier alpha value is -2.70. The number of fused-ring (bicyclic) bond motifs is 1. The van der Waals surface area contributed by atoms with Gasteiger partial charge in [0.25, 0.3) is 0 Å². The van der Waals surface area contributed by atoms with Gasteiger partial charge in [-0.1, -0.05) is 23.7 Å². The maximum Gasteiger partial charge on any atom is 0.469 e. The lowest BCUT2D eigenvalue weighted by Gasteiger charge is -2.29. The first-order valence-electron chi connectivity index (χ1n) is 10.9. The highest BCUT2D eigenvalue weighted by molar-refractivity contribution is 7.46. The minimum absolute atomic E-state index is 0.0871. The minimum Gasteiger partial charge on any atom is -0.448 e. The SMILES string of the molecule is CN(Cc1cccc(F)c1Cl)[C@H](COC(=O)Nc1cc2cc(F)ccc2cn1)C[C@@H](O)COP(=O)(O)O. The van der Waals surface area contributed by atoms with Crippen LogP contribution in [0.3, 0.4) is 0 Å². The maximum atomic E-state index is 13.8. The molecule has 0 aliphatic heterocycles. The molecule has 0 fully saturated rings. The molecule has 14 heteroatoms. The van der Waals surface area contributed by atoms with Gasteiger partial charge in [0, 0.05) is 24.2 Å². The molecule has 0 aliphatic carbocycles. The predicted molar refractivity (Wildman–Crippen MR) is 132 cm³/mol. The molecule has 1 amide bonds. The number of hydrogen-bond donors (Lipinski definition) is 4. The van der Waals surface area contributed by atoms with E-state index in [1.165, 1.54) is 36.5 Å². The number of pyridine rings is 1. The van der Waals surface area contributed by atoms with Crippen molar-refractivity contribution in [2.45, 2.75) is 25.1 Å². The molecule has 0 saturated carbocycles. The Kier molecular flexibility index (Phi) is 9.91. The lowest BCUT2D eigenvalue weighted by Crippen LogP contribution is -2.40. The molecule has 2 atom stereocenters. The number of likely N-dealkylation sites (N-methyl/N-ethyl adjacent to an activating group) is 1. The smallest absolute Gasteiger partial charge is 0.448 e. The van der Waals surface area contributed by atoms with Crippen LogP contribution in [0.4, 0.5) is 19.4 Å². The maximum absolute atomic E-state index is 13.8. The van der Waals surface area contributed by atoms with Crippen LogP contribution in [-0.4, -0.2) is 63.3 Å². The molecule has 2 aromatic carbocycles. The number of aliphatic hydroxyl groups is 1. The molecule has 3 aromatic rings. The van der Waals surface area contributed by atoms with Gasteiger partial charge in [-0.15, -0.1) is 0 Å². The zero-order valence-electron chi connectivity index (χ0n) is 19.6. The number of aliphatic hydroxyl groups excluding tert-OH is 1. The fourth-order valence-corrected chi connectivity index (χ4v) is 4.05. The molecule has 10 nitrogen and oxygen atoms in total. The third kappa shape index (κ3) is 8.97. The van der Waals surface area contributed by atoms with E-state index in [0.717, 1.165) is 0 Å². The van der Waals surface area contributed by atoms with Crippen molar-refractivity contribution in [1.29, 1.82) is 0 Å². The molecule has 37 heavy (non-hydrogen) atoms.